The smallest absolute Gasteiger partial charge is 0.296 e. The van der Waals surface area contributed by atoms with E-state index in [9.17, 15) is 25.9 Å². The number of nitrogens with one attached hydrogen (secondary N) is 1. The lowest BCUT2D eigenvalue weighted by atomic mass is 10.1. The fourth-order valence-corrected chi connectivity index (χ4v) is 5.95. The molecule has 0 aliphatic carbocycles. The summed E-state index contributed by atoms with van der Waals surface area (Å²) in [5, 5.41) is 34.7. The first-order valence-electron chi connectivity index (χ1n) is 12.7. The summed E-state index contributed by atoms with van der Waals surface area (Å²) in [6, 6.07) is 10.0. The Morgan fingerprint density at radius 3 is 2.22 bits per heavy atom. The van der Waals surface area contributed by atoms with Gasteiger partial charge in [0.15, 0.2) is 0 Å². The molecule has 0 amide bonds. The van der Waals surface area contributed by atoms with Crippen molar-refractivity contribution in [1.82, 2.24) is 15.0 Å². The minimum absolute atomic E-state index is 0.00623. The van der Waals surface area contributed by atoms with Gasteiger partial charge in [0.1, 0.15) is 16.3 Å². The number of ether oxygens (including phenoxy) is 1. The van der Waals surface area contributed by atoms with E-state index in [1.165, 1.54) is 36.3 Å². The van der Waals surface area contributed by atoms with Gasteiger partial charge in [0.05, 0.1) is 58.0 Å². The fraction of sp³-hybridized carbons (Fsp3) is 0.125. The van der Waals surface area contributed by atoms with Gasteiger partial charge < -0.3 is 15.0 Å². The maximum absolute atomic E-state index is 11.9. The lowest BCUT2D eigenvalue weighted by molar-refractivity contribution is -0.432. The summed E-state index contributed by atoms with van der Waals surface area (Å²) in [4.78, 5) is 13.4. The van der Waals surface area contributed by atoms with E-state index in [2.05, 4.69) is 49.2 Å². The molecule has 5 N–H and O–H groups in total. The third kappa shape index (κ3) is 9.91. The van der Waals surface area contributed by atoms with Crippen molar-refractivity contribution in [2.45, 2.75) is 26.5 Å². The van der Waals surface area contributed by atoms with Crippen LogP contribution in [0.5, 0.6) is 5.75 Å². The zero-order valence-electron chi connectivity index (χ0n) is 24.8. The number of aryl methyl sites for hydroxylation is 1. The lowest BCUT2D eigenvalue weighted by Crippen LogP contribution is -2.16. The molecule has 0 saturated heterocycles. The molecule has 0 bridgehead atoms. The van der Waals surface area contributed by atoms with Crippen molar-refractivity contribution in [3.8, 4) is 5.75 Å². The molecule has 0 spiro atoms. The second kappa shape index (κ2) is 16.3. The van der Waals surface area contributed by atoms with Gasteiger partial charge in [-0.25, -0.2) is 10.5 Å². The van der Waals surface area contributed by atoms with E-state index >= 15 is 0 Å². The molecule has 0 aliphatic heterocycles. The highest BCUT2D eigenvalue weighted by molar-refractivity contribution is 7.95. The van der Waals surface area contributed by atoms with Crippen LogP contribution in [0.15, 0.2) is 78.3 Å². The van der Waals surface area contributed by atoms with Gasteiger partial charge in [0.25, 0.3) is 20.2 Å². The molecule has 0 saturated carbocycles. The van der Waals surface area contributed by atoms with Crippen LogP contribution in [0.4, 0.5) is 34.6 Å². The summed E-state index contributed by atoms with van der Waals surface area (Å²) in [6.45, 7) is 1.67. The second-order valence-corrected chi connectivity index (χ2v) is 13.8. The van der Waals surface area contributed by atoms with Gasteiger partial charge in [0.2, 0.25) is 17.2 Å². The Morgan fingerprint density at radius 2 is 1.57 bits per heavy atom. The molecule has 1 heterocycles. The molecule has 3 aromatic carbocycles. The van der Waals surface area contributed by atoms with E-state index in [1.54, 1.807) is 20.0 Å². The maximum atomic E-state index is 11.9. The Bertz CT molecular complexity index is 2090. The van der Waals surface area contributed by atoms with Gasteiger partial charge in [-0.1, -0.05) is 10.1 Å². The largest absolute Gasteiger partial charge is 0.494 e. The normalized spacial score (nSPS) is 12.0. The van der Waals surface area contributed by atoms with Gasteiger partial charge >= 0.3 is 0 Å². The zero-order chi connectivity index (χ0) is 35.9. The summed E-state index contributed by atoms with van der Waals surface area (Å²) >= 11 is 7.22. The number of benzene rings is 3. The molecule has 25 heteroatoms. The molecule has 0 radical (unpaired) electrons. The fourth-order valence-electron chi connectivity index (χ4n) is 3.87. The summed E-state index contributed by atoms with van der Waals surface area (Å²) < 4.78 is 80.8. The van der Waals surface area contributed by atoms with E-state index in [4.69, 9.17) is 26.9 Å². The SMILES string of the molecule is COc1cc(N=Nc2cc(SOOO)ccc2S(=O)(=O)O)c(C)cc1N(C)c1nc(Cl)nc(Nc2cc(S(=O)(=O)O)ccc2SOOO)n1. The maximum Gasteiger partial charge on any atom is 0.296 e. The highest BCUT2D eigenvalue weighted by Crippen LogP contribution is 2.39. The number of methoxy groups -OCH3 is 1. The highest BCUT2D eigenvalue weighted by atomic mass is 35.5. The van der Waals surface area contributed by atoms with Crippen LogP contribution in [0, 0.1) is 6.92 Å². The lowest BCUT2D eigenvalue weighted by Gasteiger charge is -2.21. The average molecular weight is 780 g/mol. The number of hydrogen-bond donors (Lipinski definition) is 5. The third-order valence-corrected chi connectivity index (χ3v) is 9.20. The standard InChI is InChI=1S/C24H22ClN7O13S4/c1-12-8-18(19(41-3)11-15(12)30-31-17-9-13(46-44-42-33)4-7-21(17)49(38,39)40)32(2)24-28-22(25)27-23(29-24)26-16-10-14(48(35,36)37)5-6-20(16)47-45-43-34/h4-11,33-34H,1-3H3,(H,35,36,37)(H,38,39,40)(H,26,27,28,29). The van der Waals surface area contributed by atoms with Gasteiger partial charge in [-0.05, 0) is 66.6 Å². The predicted octanol–water partition coefficient (Wildman–Crippen LogP) is 6.12. The number of nitrogens with zero attached hydrogens (tertiary/aromatic N) is 6. The molecule has 0 unspecified atom stereocenters. The van der Waals surface area contributed by atoms with Crippen molar-refractivity contribution in [1.29, 1.82) is 0 Å². The molecule has 1 aromatic heterocycles. The van der Waals surface area contributed by atoms with Crippen LogP contribution in [0.1, 0.15) is 5.56 Å². The van der Waals surface area contributed by atoms with Crippen molar-refractivity contribution in [2.75, 3.05) is 24.4 Å². The average Bonchev–Trinajstić information content (AvgIpc) is 3.04. The first kappa shape index (κ1) is 38.0. The summed E-state index contributed by atoms with van der Waals surface area (Å²) in [5.41, 5.74) is 0.885. The minimum atomic E-state index is -4.70. The monoisotopic (exact) mass is 779 g/mol. The Kier molecular flexibility index (Phi) is 12.7. The van der Waals surface area contributed by atoms with Crippen LogP contribution < -0.4 is 15.0 Å². The predicted molar refractivity (Wildman–Crippen MR) is 172 cm³/mol. The van der Waals surface area contributed by atoms with Crippen LogP contribution >= 0.6 is 35.7 Å². The Hall–Kier alpha value is -3.76. The van der Waals surface area contributed by atoms with E-state index in [0.29, 0.717) is 35.3 Å². The molecule has 0 fully saturated rings. The summed E-state index contributed by atoms with van der Waals surface area (Å²) in [6.07, 6.45) is 0. The van der Waals surface area contributed by atoms with Crippen molar-refractivity contribution in [3.05, 3.63) is 59.4 Å². The molecule has 262 valence electrons. The quantitative estimate of drug-likeness (QED) is 0.0299. The Balaban J connectivity index is 1.69. The van der Waals surface area contributed by atoms with Crippen LogP contribution in [-0.2, 0) is 39.0 Å². The molecular weight excluding hydrogens is 758 g/mol. The van der Waals surface area contributed by atoms with Crippen LogP contribution in [0.3, 0.4) is 0 Å². The highest BCUT2D eigenvalue weighted by Gasteiger charge is 2.21. The Labute approximate surface area is 290 Å². The van der Waals surface area contributed by atoms with E-state index < -0.39 is 30.0 Å². The molecule has 20 nitrogen and oxygen atoms in total. The van der Waals surface area contributed by atoms with E-state index in [1.807, 2.05) is 0 Å². The van der Waals surface area contributed by atoms with Crippen LogP contribution in [0.2, 0.25) is 5.28 Å². The molecule has 4 rings (SSSR count). The molecule has 0 atom stereocenters. The first-order valence-corrected chi connectivity index (χ1v) is 17.4. The summed E-state index contributed by atoms with van der Waals surface area (Å²) in [7, 11) is -6.37. The van der Waals surface area contributed by atoms with Crippen molar-refractivity contribution >= 4 is 90.6 Å². The van der Waals surface area contributed by atoms with Gasteiger partial charge in [-0.3, -0.25) is 9.11 Å². The van der Waals surface area contributed by atoms with Crippen LogP contribution in [0.25, 0.3) is 0 Å². The molecule has 0 aliphatic rings. The topological polar surface area (TPSA) is 274 Å². The molecular formula is C24H22ClN7O13S4. The van der Waals surface area contributed by atoms with Gasteiger partial charge in [-0.15, -0.1) is 13.8 Å². The Morgan fingerprint density at radius 1 is 0.878 bits per heavy atom. The number of hydrogen-bond acceptors (Lipinski definition) is 20. The first-order chi connectivity index (χ1) is 23.1. The third-order valence-electron chi connectivity index (χ3n) is 6.04. The summed E-state index contributed by atoms with van der Waals surface area (Å²) in [5.74, 6) is 0.0284. The molecule has 49 heavy (non-hydrogen) atoms. The van der Waals surface area contributed by atoms with E-state index in [-0.39, 0.29) is 49.8 Å². The number of aromatic nitrogens is 3. The van der Waals surface area contributed by atoms with E-state index in [0.717, 1.165) is 18.2 Å². The number of rotatable bonds is 15. The second-order valence-electron chi connectivity index (χ2n) is 9.11. The van der Waals surface area contributed by atoms with Crippen molar-refractivity contribution in [2.24, 2.45) is 10.2 Å². The molecule has 4 aromatic rings. The number of anilines is 4. The minimum Gasteiger partial charge on any atom is -0.494 e. The number of azo groups is 1. The van der Waals surface area contributed by atoms with Crippen molar-refractivity contribution in [3.63, 3.8) is 0 Å². The van der Waals surface area contributed by atoms with Gasteiger partial charge in [-0.2, -0.15) is 36.9 Å². The van der Waals surface area contributed by atoms with Gasteiger partial charge in [0, 0.05) is 18.0 Å². The van der Waals surface area contributed by atoms with Crippen LogP contribution in [-0.4, -0.2) is 65.6 Å². The number of halogens is 1. The zero-order valence-corrected chi connectivity index (χ0v) is 28.8. The van der Waals surface area contributed by atoms with Crippen molar-refractivity contribution < 1.29 is 59.9 Å².